The van der Waals surface area contributed by atoms with Gasteiger partial charge in [0.25, 0.3) is 0 Å². The number of rotatable bonds is 35. The SMILES string of the molecule is CCCCCCCCCCCC(=O)O[C@@H](COC(=O)CCCCCCCCC)COC(=O)CCCCCCCCCCC(C)CC. The first-order valence-corrected chi connectivity index (χ1v) is 19.9. The van der Waals surface area contributed by atoms with Crippen LogP contribution in [0.2, 0.25) is 0 Å². The maximum atomic E-state index is 12.6. The zero-order valence-electron chi connectivity index (χ0n) is 31.0. The molecule has 0 fully saturated rings. The van der Waals surface area contributed by atoms with E-state index in [9.17, 15) is 14.4 Å². The highest BCUT2D eigenvalue weighted by Crippen LogP contribution is 2.16. The molecule has 0 rings (SSSR count). The van der Waals surface area contributed by atoms with Gasteiger partial charge in [-0.25, -0.2) is 0 Å². The molecule has 0 saturated heterocycles. The molecule has 272 valence electrons. The van der Waals surface area contributed by atoms with Gasteiger partial charge in [0.05, 0.1) is 0 Å². The van der Waals surface area contributed by atoms with Crippen LogP contribution >= 0.6 is 0 Å². The number of carbonyl (C=O) groups excluding carboxylic acids is 3. The topological polar surface area (TPSA) is 78.9 Å². The minimum atomic E-state index is -0.756. The minimum Gasteiger partial charge on any atom is -0.462 e. The molecule has 0 aliphatic heterocycles. The Morgan fingerprint density at radius 2 is 0.761 bits per heavy atom. The summed E-state index contributed by atoms with van der Waals surface area (Å²) in [4.78, 5) is 37.3. The van der Waals surface area contributed by atoms with Gasteiger partial charge in [0, 0.05) is 19.3 Å². The molecule has 0 aromatic heterocycles. The monoisotopic (exact) mass is 653 g/mol. The Labute approximate surface area is 285 Å². The van der Waals surface area contributed by atoms with E-state index in [2.05, 4.69) is 27.7 Å². The molecule has 0 N–H and O–H groups in total. The summed E-state index contributed by atoms with van der Waals surface area (Å²) in [5, 5.41) is 0. The Balaban J connectivity index is 4.32. The van der Waals surface area contributed by atoms with Gasteiger partial charge in [0.15, 0.2) is 6.10 Å². The van der Waals surface area contributed by atoms with Crippen LogP contribution < -0.4 is 0 Å². The summed E-state index contributed by atoms with van der Waals surface area (Å²) >= 11 is 0. The van der Waals surface area contributed by atoms with Gasteiger partial charge in [0.1, 0.15) is 13.2 Å². The largest absolute Gasteiger partial charge is 0.462 e. The van der Waals surface area contributed by atoms with Crippen molar-refractivity contribution in [3.8, 4) is 0 Å². The van der Waals surface area contributed by atoms with Crippen molar-refractivity contribution < 1.29 is 28.6 Å². The van der Waals surface area contributed by atoms with Crippen molar-refractivity contribution in [2.75, 3.05) is 13.2 Å². The van der Waals surface area contributed by atoms with E-state index in [1.807, 2.05) is 0 Å². The molecule has 0 bridgehead atoms. The van der Waals surface area contributed by atoms with Crippen LogP contribution in [0.4, 0.5) is 0 Å². The summed E-state index contributed by atoms with van der Waals surface area (Å²) in [7, 11) is 0. The van der Waals surface area contributed by atoms with Gasteiger partial charge in [-0.1, -0.05) is 175 Å². The van der Waals surface area contributed by atoms with E-state index in [0.717, 1.165) is 63.7 Å². The third kappa shape index (κ3) is 32.4. The second-order valence-corrected chi connectivity index (χ2v) is 13.8. The van der Waals surface area contributed by atoms with Gasteiger partial charge in [-0.05, 0) is 25.2 Å². The zero-order valence-corrected chi connectivity index (χ0v) is 31.0. The maximum absolute atomic E-state index is 12.6. The molecule has 0 radical (unpaired) electrons. The smallest absolute Gasteiger partial charge is 0.306 e. The number of hydrogen-bond donors (Lipinski definition) is 0. The standard InChI is InChI=1S/C40H76O6/c1-5-8-10-12-14-15-21-25-29-33-40(43)46-37(34-44-38(41)31-27-23-18-13-11-9-6-2)35-45-39(42)32-28-24-20-17-16-19-22-26-30-36(4)7-3/h36-37H,5-35H2,1-4H3/t36?,37-/m0/s1. The number of unbranched alkanes of at least 4 members (excludes halogenated alkanes) is 21. The average molecular weight is 653 g/mol. The number of esters is 3. The fraction of sp³-hybridized carbons (Fsp3) is 0.925. The van der Waals surface area contributed by atoms with E-state index in [1.54, 1.807) is 0 Å². The van der Waals surface area contributed by atoms with E-state index >= 15 is 0 Å². The van der Waals surface area contributed by atoms with Gasteiger partial charge in [-0.2, -0.15) is 0 Å². The van der Waals surface area contributed by atoms with Crippen LogP contribution in [0, 0.1) is 5.92 Å². The average Bonchev–Trinajstić information content (AvgIpc) is 3.05. The molecule has 0 aliphatic carbocycles. The van der Waals surface area contributed by atoms with Crippen molar-refractivity contribution in [1.29, 1.82) is 0 Å². The van der Waals surface area contributed by atoms with Gasteiger partial charge in [-0.3, -0.25) is 14.4 Å². The number of hydrogen-bond acceptors (Lipinski definition) is 6. The third-order valence-electron chi connectivity index (χ3n) is 9.15. The molecule has 0 heterocycles. The molecule has 0 aliphatic rings. The first-order chi connectivity index (χ1) is 22.4. The second-order valence-electron chi connectivity index (χ2n) is 13.8. The minimum absolute atomic E-state index is 0.0658. The van der Waals surface area contributed by atoms with Crippen LogP contribution in [0.3, 0.4) is 0 Å². The molecule has 6 nitrogen and oxygen atoms in total. The van der Waals surface area contributed by atoms with E-state index in [1.165, 1.54) is 109 Å². The second kappa shape index (κ2) is 34.7. The molecule has 0 spiro atoms. The summed E-state index contributed by atoms with van der Waals surface area (Å²) in [6, 6.07) is 0. The summed E-state index contributed by atoms with van der Waals surface area (Å²) in [6.07, 6.45) is 30.9. The normalized spacial score (nSPS) is 12.5. The van der Waals surface area contributed by atoms with Crippen molar-refractivity contribution in [2.45, 2.75) is 220 Å². The van der Waals surface area contributed by atoms with Gasteiger partial charge in [0.2, 0.25) is 0 Å². The summed E-state index contributed by atoms with van der Waals surface area (Å²) in [5.41, 5.74) is 0. The van der Waals surface area contributed by atoms with E-state index in [4.69, 9.17) is 14.2 Å². The highest BCUT2D eigenvalue weighted by Gasteiger charge is 2.19. The third-order valence-corrected chi connectivity index (χ3v) is 9.15. The van der Waals surface area contributed by atoms with Crippen LogP contribution in [0.15, 0.2) is 0 Å². The maximum Gasteiger partial charge on any atom is 0.306 e. The molecular weight excluding hydrogens is 576 g/mol. The van der Waals surface area contributed by atoms with Crippen molar-refractivity contribution in [2.24, 2.45) is 5.92 Å². The lowest BCUT2D eigenvalue weighted by molar-refractivity contribution is -0.167. The summed E-state index contributed by atoms with van der Waals surface area (Å²) < 4.78 is 16.6. The Morgan fingerprint density at radius 3 is 1.13 bits per heavy atom. The van der Waals surface area contributed by atoms with Crippen LogP contribution in [0.25, 0.3) is 0 Å². The molecule has 0 saturated carbocycles. The first kappa shape index (κ1) is 44.4. The first-order valence-electron chi connectivity index (χ1n) is 19.9. The molecule has 0 aromatic rings. The fourth-order valence-corrected chi connectivity index (χ4v) is 5.71. The Kier molecular flexibility index (Phi) is 33.5. The summed E-state index contributed by atoms with van der Waals surface area (Å²) in [5.74, 6) is -0.0248. The fourth-order valence-electron chi connectivity index (χ4n) is 5.71. The van der Waals surface area contributed by atoms with E-state index in [0.29, 0.717) is 19.3 Å². The van der Waals surface area contributed by atoms with E-state index in [-0.39, 0.29) is 31.1 Å². The lowest BCUT2D eigenvalue weighted by Gasteiger charge is -2.18. The van der Waals surface area contributed by atoms with Crippen LogP contribution in [0.5, 0.6) is 0 Å². The molecular formula is C40H76O6. The predicted octanol–water partition coefficient (Wildman–Crippen LogP) is 12.0. The molecule has 46 heavy (non-hydrogen) atoms. The van der Waals surface area contributed by atoms with Crippen LogP contribution in [-0.4, -0.2) is 37.2 Å². The highest BCUT2D eigenvalue weighted by atomic mass is 16.6. The molecule has 0 aromatic carbocycles. The van der Waals surface area contributed by atoms with Crippen LogP contribution in [-0.2, 0) is 28.6 Å². The van der Waals surface area contributed by atoms with Gasteiger partial charge >= 0.3 is 17.9 Å². The van der Waals surface area contributed by atoms with Crippen molar-refractivity contribution in [1.82, 2.24) is 0 Å². The summed E-state index contributed by atoms with van der Waals surface area (Å²) in [6.45, 7) is 8.91. The molecule has 1 unspecified atom stereocenters. The van der Waals surface area contributed by atoms with E-state index < -0.39 is 6.10 Å². The van der Waals surface area contributed by atoms with Gasteiger partial charge in [-0.15, -0.1) is 0 Å². The lowest BCUT2D eigenvalue weighted by atomic mass is 9.99. The molecule has 2 atom stereocenters. The van der Waals surface area contributed by atoms with Crippen LogP contribution in [0.1, 0.15) is 214 Å². The van der Waals surface area contributed by atoms with Crippen molar-refractivity contribution >= 4 is 17.9 Å². The Bertz CT molecular complexity index is 693. The predicted molar refractivity (Wildman–Crippen MR) is 192 cm³/mol. The quantitative estimate of drug-likeness (QED) is 0.0385. The van der Waals surface area contributed by atoms with Crippen molar-refractivity contribution in [3.05, 3.63) is 0 Å². The number of carbonyl (C=O) groups is 3. The lowest BCUT2D eigenvalue weighted by Crippen LogP contribution is -2.30. The van der Waals surface area contributed by atoms with Gasteiger partial charge < -0.3 is 14.2 Å². The Morgan fingerprint density at radius 1 is 0.435 bits per heavy atom. The van der Waals surface area contributed by atoms with Crippen molar-refractivity contribution in [3.63, 3.8) is 0 Å². The molecule has 0 amide bonds. The zero-order chi connectivity index (χ0) is 33.9. The Hall–Kier alpha value is -1.59. The highest BCUT2D eigenvalue weighted by molar-refractivity contribution is 5.71. The number of ether oxygens (including phenoxy) is 3. The molecule has 6 heteroatoms.